The van der Waals surface area contributed by atoms with Gasteiger partial charge in [0.1, 0.15) is 17.7 Å². The number of nitrogens with zero attached hydrogens (tertiary/aromatic N) is 2. The molecule has 1 unspecified atom stereocenters. The van der Waals surface area contributed by atoms with Gasteiger partial charge in [-0.25, -0.2) is 0 Å². The van der Waals surface area contributed by atoms with Crippen molar-refractivity contribution in [2.75, 3.05) is 33.4 Å². The average molecular weight is 753 g/mol. The maximum absolute atomic E-state index is 14.6. The molecule has 2 aromatic carbocycles. The Morgan fingerprint density at radius 3 is 2.48 bits per heavy atom. The molecular weight excluding hydrogens is 706 g/mol. The van der Waals surface area contributed by atoms with E-state index in [-0.39, 0.29) is 68.2 Å². The number of allylic oxidation sites excluding steroid dienone is 1. The molecular formula is C38H46BrN3O8. The zero-order valence-corrected chi connectivity index (χ0v) is 29.9. The smallest absolute Gasteiger partial charge is 0.313 e. The summed E-state index contributed by atoms with van der Waals surface area (Å²) in [5, 5.41) is 12.7. The van der Waals surface area contributed by atoms with Crippen LogP contribution in [0.3, 0.4) is 0 Å². The van der Waals surface area contributed by atoms with Crippen LogP contribution in [0.2, 0.25) is 0 Å². The summed E-state index contributed by atoms with van der Waals surface area (Å²) >= 11 is 3.72. The molecule has 2 aromatic rings. The van der Waals surface area contributed by atoms with Gasteiger partial charge in [-0.2, -0.15) is 0 Å². The number of carbonyl (C=O) groups excluding carboxylic acids is 4. The number of methoxy groups -OCH3 is 1. The molecule has 8 atom stereocenters. The molecule has 12 heteroatoms. The number of amides is 3. The van der Waals surface area contributed by atoms with Crippen molar-refractivity contribution >= 4 is 39.6 Å². The number of carbonyl (C=O) groups is 4. The number of hydrogen-bond acceptors (Lipinski definition) is 8. The van der Waals surface area contributed by atoms with Gasteiger partial charge in [0, 0.05) is 44.6 Å². The molecule has 0 saturated carbocycles. The Hall–Kier alpha value is -3.84. The van der Waals surface area contributed by atoms with E-state index in [0.29, 0.717) is 18.4 Å². The van der Waals surface area contributed by atoms with Gasteiger partial charge in [0.05, 0.1) is 30.6 Å². The molecule has 2 bridgehead atoms. The summed E-state index contributed by atoms with van der Waals surface area (Å²) in [6.07, 6.45) is 2.85. The minimum Gasteiger partial charge on any atom is -0.455 e. The SMILES string of the molecule is C=CCCC(=O)N[C@@H](COC)[C@@H](OC(=O)[C@H]1[C@@H]2O[C@@]3(CC2Br)[C@@H]1C(=O)N(CCCO)[C@@H]3C(=O)N(CC=C)Cc1ccccc1)c1ccccc1. The van der Waals surface area contributed by atoms with Gasteiger partial charge >= 0.3 is 5.97 Å². The molecule has 3 saturated heterocycles. The van der Waals surface area contributed by atoms with Crippen molar-refractivity contribution in [2.24, 2.45) is 11.8 Å². The topological polar surface area (TPSA) is 135 Å². The Morgan fingerprint density at radius 1 is 1.14 bits per heavy atom. The average Bonchev–Trinajstić information content (AvgIpc) is 3.71. The number of alkyl halides is 1. The minimum absolute atomic E-state index is 0.0523. The summed E-state index contributed by atoms with van der Waals surface area (Å²) in [5.41, 5.74) is 0.237. The van der Waals surface area contributed by atoms with Crippen molar-refractivity contribution in [3.63, 3.8) is 0 Å². The van der Waals surface area contributed by atoms with Crippen LogP contribution in [-0.2, 0) is 39.9 Å². The summed E-state index contributed by atoms with van der Waals surface area (Å²) < 4.78 is 18.4. The van der Waals surface area contributed by atoms with Crippen LogP contribution < -0.4 is 5.32 Å². The van der Waals surface area contributed by atoms with Crippen LogP contribution in [0, 0.1) is 11.8 Å². The van der Waals surface area contributed by atoms with E-state index < -0.39 is 47.7 Å². The van der Waals surface area contributed by atoms with E-state index in [1.165, 1.54) is 12.0 Å². The first-order chi connectivity index (χ1) is 24.2. The Morgan fingerprint density at radius 2 is 1.84 bits per heavy atom. The largest absolute Gasteiger partial charge is 0.455 e. The standard InChI is InChI=1S/C38H46BrN3O8/c1-4-6-18-29(44)40-28(24-48-3)32(26-16-11-8-12-17-26)49-37(47)30-31-35(45)42(20-13-21-43)34(38(31)22-27(39)33(30)50-38)36(46)41(19-5-2)23-25-14-9-7-10-15-25/h4-5,7-12,14-17,27-28,30-34,43H,1-2,6,13,18-24H2,3H3,(H,40,44)/t27?,28-,30+,31-,32-,33+,34+,38-/m0/s1. The van der Waals surface area contributed by atoms with Gasteiger partial charge in [-0.3, -0.25) is 19.2 Å². The molecule has 11 nitrogen and oxygen atoms in total. The lowest BCUT2D eigenvalue weighted by Gasteiger charge is -2.37. The number of esters is 1. The van der Waals surface area contributed by atoms with Crippen molar-refractivity contribution in [2.45, 2.75) is 66.9 Å². The quantitative estimate of drug-likeness (QED) is 0.134. The highest BCUT2D eigenvalue weighted by Crippen LogP contribution is 2.60. The first-order valence-corrected chi connectivity index (χ1v) is 17.9. The third-order valence-electron chi connectivity index (χ3n) is 9.73. The minimum atomic E-state index is -1.31. The van der Waals surface area contributed by atoms with Crippen LogP contribution in [0.15, 0.2) is 86.0 Å². The highest BCUT2D eigenvalue weighted by molar-refractivity contribution is 9.09. The fourth-order valence-electron chi connectivity index (χ4n) is 7.65. The number of rotatable bonds is 18. The van der Waals surface area contributed by atoms with Gasteiger partial charge in [0.25, 0.3) is 0 Å². The molecule has 3 aliphatic heterocycles. The van der Waals surface area contributed by atoms with Crippen molar-refractivity contribution in [1.29, 1.82) is 0 Å². The highest BCUT2D eigenvalue weighted by atomic mass is 79.9. The Kier molecular flexibility index (Phi) is 12.7. The van der Waals surface area contributed by atoms with Gasteiger partial charge in [0.2, 0.25) is 17.7 Å². The lowest BCUT2D eigenvalue weighted by molar-refractivity contribution is -0.163. The fourth-order valence-corrected chi connectivity index (χ4v) is 8.59. The molecule has 268 valence electrons. The van der Waals surface area contributed by atoms with E-state index >= 15 is 0 Å². The van der Waals surface area contributed by atoms with Crippen LogP contribution in [0.25, 0.3) is 0 Å². The number of ether oxygens (including phenoxy) is 3. The third-order valence-corrected chi connectivity index (χ3v) is 10.6. The zero-order chi connectivity index (χ0) is 35.8. The zero-order valence-electron chi connectivity index (χ0n) is 28.3. The number of aliphatic hydroxyl groups excluding tert-OH is 1. The Balaban J connectivity index is 1.49. The normalized spacial score (nSPS) is 26.2. The van der Waals surface area contributed by atoms with Crippen LogP contribution in [0.4, 0.5) is 0 Å². The van der Waals surface area contributed by atoms with Crippen molar-refractivity contribution in [3.8, 4) is 0 Å². The lowest BCUT2D eigenvalue weighted by Crippen LogP contribution is -2.56. The lowest BCUT2D eigenvalue weighted by atomic mass is 9.70. The van der Waals surface area contributed by atoms with Crippen LogP contribution in [0.5, 0.6) is 0 Å². The number of hydrogen-bond donors (Lipinski definition) is 2. The molecule has 0 aliphatic carbocycles. The molecule has 3 aliphatic rings. The van der Waals surface area contributed by atoms with Gasteiger partial charge in [-0.05, 0) is 30.4 Å². The number of halogens is 1. The predicted octanol–water partition coefficient (Wildman–Crippen LogP) is 3.71. The molecule has 3 heterocycles. The monoisotopic (exact) mass is 751 g/mol. The number of nitrogens with one attached hydrogen (secondary N) is 1. The number of fused-ring (bicyclic) bond motifs is 1. The molecule has 5 rings (SSSR count). The molecule has 3 amide bonds. The first kappa shape index (κ1) is 37.4. The van der Waals surface area contributed by atoms with E-state index in [1.807, 2.05) is 48.5 Å². The summed E-state index contributed by atoms with van der Waals surface area (Å²) in [6, 6.07) is 16.8. The van der Waals surface area contributed by atoms with Crippen molar-refractivity contribution in [3.05, 3.63) is 97.1 Å². The summed E-state index contributed by atoms with van der Waals surface area (Å²) in [5.74, 6) is -3.66. The van der Waals surface area contributed by atoms with Gasteiger partial charge in [-0.1, -0.05) is 88.7 Å². The van der Waals surface area contributed by atoms with Crippen LogP contribution in [-0.4, -0.2) is 101 Å². The van der Waals surface area contributed by atoms with E-state index in [2.05, 4.69) is 34.4 Å². The van der Waals surface area contributed by atoms with Gasteiger partial charge in [0.15, 0.2) is 0 Å². The molecule has 0 radical (unpaired) electrons. The number of aliphatic hydroxyl groups is 1. The number of benzene rings is 2. The second-order valence-corrected chi connectivity index (χ2v) is 14.2. The fraction of sp³-hybridized carbons (Fsp3) is 0.474. The predicted molar refractivity (Wildman–Crippen MR) is 190 cm³/mol. The third kappa shape index (κ3) is 7.58. The molecule has 0 aromatic heterocycles. The molecule has 2 N–H and O–H groups in total. The first-order valence-electron chi connectivity index (χ1n) is 17.0. The van der Waals surface area contributed by atoms with E-state index in [1.54, 1.807) is 29.2 Å². The van der Waals surface area contributed by atoms with Crippen LogP contribution in [0.1, 0.15) is 42.9 Å². The van der Waals surface area contributed by atoms with Gasteiger partial charge in [-0.15, -0.1) is 13.2 Å². The summed E-state index contributed by atoms with van der Waals surface area (Å²) in [4.78, 5) is 59.2. The Bertz CT molecular complexity index is 1530. The summed E-state index contributed by atoms with van der Waals surface area (Å²) in [7, 11) is 1.50. The second kappa shape index (κ2) is 16.9. The highest BCUT2D eigenvalue weighted by Gasteiger charge is 2.77. The van der Waals surface area contributed by atoms with E-state index in [4.69, 9.17) is 14.2 Å². The number of likely N-dealkylation sites (tertiary alicyclic amines) is 1. The van der Waals surface area contributed by atoms with Crippen molar-refractivity contribution < 1.29 is 38.5 Å². The van der Waals surface area contributed by atoms with E-state index in [0.717, 1.165) is 5.56 Å². The summed E-state index contributed by atoms with van der Waals surface area (Å²) in [6.45, 7) is 8.05. The van der Waals surface area contributed by atoms with Crippen molar-refractivity contribution in [1.82, 2.24) is 15.1 Å². The molecule has 3 fully saturated rings. The molecule has 1 spiro atoms. The Labute approximate surface area is 301 Å². The van der Waals surface area contributed by atoms with E-state index in [9.17, 15) is 24.3 Å². The van der Waals surface area contributed by atoms with Gasteiger partial charge < -0.3 is 34.4 Å². The van der Waals surface area contributed by atoms with Crippen LogP contribution >= 0.6 is 15.9 Å². The second-order valence-electron chi connectivity index (χ2n) is 13.0. The molecule has 50 heavy (non-hydrogen) atoms. The maximum atomic E-state index is 14.6. The maximum Gasteiger partial charge on any atom is 0.313 e.